The first-order valence-electron chi connectivity index (χ1n) is 9.04. The van der Waals surface area contributed by atoms with Crippen LogP contribution in [-0.4, -0.2) is 10.9 Å². The first kappa shape index (κ1) is 17.3. The van der Waals surface area contributed by atoms with Gasteiger partial charge in [-0.2, -0.15) is 0 Å². The summed E-state index contributed by atoms with van der Waals surface area (Å²) in [7, 11) is 0. The van der Waals surface area contributed by atoms with E-state index in [2.05, 4.69) is 60.7 Å². The second kappa shape index (κ2) is 8.02. The predicted octanol–water partition coefficient (Wildman–Crippen LogP) is 5.00. The predicted molar refractivity (Wildman–Crippen MR) is 103 cm³/mol. The van der Waals surface area contributed by atoms with Crippen LogP contribution in [0.2, 0.25) is 0 Å². The molecule has 130 valence electrons. The van der Waals surface area contributed by atoms with E-state index >= 15 is 0 Å². The summed E-state index contributed by atoms with van der Waals surface area (Å²) >= 11 is 0. The second-order valence-electron chi connectivity index (χ2n) is 6.91. The average molecular weight is 334 g/mol. The van der Waals surface area contributed by atoms with Gasteiger partial charge in [-0.05, 0) is 36.0 Å². The molecule has 0 bridgehead atoms. The molecule has 25 heavy (non-hydrogen) atoms. The molecular weight excluding hydrogens is 308 g/mol. The zero-order valence-electron chi connectivity index (χ0n) is 15.0. The summed E-state index contributed by atoms with van der Waals surface area (Å²) in [6.45, 7) is 4.29. The Morgan fingerprint density at radius 3 is 2.52 bits per heavy atom. The van der Waals surface area contributed by atoms with E-state index in [-0.39, 0.29) is 11.9 Å². The molecule has 1 unspecified atom stereocenters. The van der Waals surface area contributed by atoms with Crippen molar-refractivity contribution in [2.45, 2.75) is 39.2 Å². The number of carbonyl (C=O) groups excluding carboxylic acids is 1. The topological polar surface area (TPSA) is 44.9 Å². The highest BCUT2D eigenvalue weighted by atomic mass is 16.1. The molecule has 3 rings (SSSR count). The molecule has 0 aliphatic carbocycles. The smallest absolute Gasteiger partial charge is 0.220 e. The molecule has 2 N–H and O–H groups in total. The highest BCUT2D eigenvalue weighted by Crippen LogP contribution is 2.22. The van der Waals surface area contributed by atoms with Crippen LogP contribution in [0, 0.1) is 5.92 Å². The van der Waals surface area contributed by atoms with Gasteiger partial charge in [-0.3, -0.25) is 4.79 Å². The molecule has 1 heterocycles. The van der Waals surface area contributed by atoms with Gasteiger partial charge in [0.25, 0.3) is 0 Å². The number of hydrogen-bond acceptors (Lipinski definition) is 1. The summed E-state index contributed by atoms with van der Waals surface area (Å²) in [5.74, 6) is 0.488. The first-order chi connectivity index (χ1) is 12.1. The molecule has 0 aliphatic heterocycles. The molecular formula is C22H26N2O. The third kappa shape index (κ3) is 4.30. The van der Waals surface area contributed by atoms with Crippen LogP contribution in [0.25, 0.3) is 10.9 Å². The molecule has 0 spiro atoms. The van der Waals surface area contributed by atoms with E-state index in [1.54, 1.807) is 0 Å². The number of para-hydroxylation sites is 1. The zero-order chi connectivity index (χ0) is 17.6. The molecule has 1 atom stereocenters. The Balaban J connectivity index is 1.55. The fraction of sp³-hybridized carbons (Fsp3) is 0.318. The van der Waals surface area contributed by atoms with Gasteiger partial charge in [0, 0.05) is 23.5 Å². The molecule has 0 fully saturated rings. The van der Waals surface area contributed by atoms with Crippen molar-refractivity contribution in [2.24, 2.45) is 5.92 Å². The minimum atomic E-state index is 0.0711. The van der Waals surface area contributed by atoms with E-state index in [1.807, 2.05) is 24.3 Å². The van der Waals surface area contributed by atoms with Crippen molar-refractivity contribution < 1.29 is 4.79 Å². The van der Waals surface area contributed by atoms with Crippen molar-refractivity contribution in [3.8, 4) is 0 Å². The maximum absolute atomic E-state index is 12.4. The Morgan fingerprint density at radius 2 is 1.76 bits per heavy atom. The van der Waals surface area contributed by atoms with Crippen LogP contribution in [0.15, 0.2) is 60.8 Å². The van der Waals surface area contributed by atoms with Gasteiger partial charge in [0.15, 0.2) is 0 Å². The van der Waals surface area contributed by atoms with Gasteiger partial charge in [-0.25, -0.2) is 0 Å². The molecule has 0 saturated heterocycles. The Hall–Kier alpha value is -2.55. The van der Waals surface area contributed by atoms with Crippen molar-refractivity contribution in [2.75, 3.05) is 0 Å². The van der Waals surface area contributed by atoms with Crippen LogP contribution in [0.3, 0.4) is 0 Å². The SMILES string of the molecule is CC(C)C(NC(=O)CCCc1c[nH]c2ccccc12)c1ccccc1. The lowest BCUT2D eigenvalue weighted by Crippen LogP contribution is -2.31. The van der Waals surface area contributed by atoms with E-state index in [1.165, 1.54) is 16.5 Å². The third-order valence-electron chi connectivity index (χ3n) is 4.67. The summed E-state index contributed by atoms with van der Waals surface area (Å²) in [5, 5.41) is 4.46. The summed E-state index contributed by atoms with van der Waals surface area (Å²) in [5.41, 5.74) is 3.61. The number of rotatable bonds is 7. The number of carbonyl (C=O) groups is 1. The second-order valence-corrected chi connectivity index (χ2v) is 6.91. The zero-order valence-corrected chi connectivity index (χ0v) is 15.0. The highest BCUT2D eigenvalue weighted by molar-refractivity contribution is 5.83. The average Bonchev–Trinajstić information content (AvgIpc) is 3.03. The van der Waals surface area contributed by atoms with E-state index in [9.17, 15) is 4.79 Å². The third-order valence-corrected chi connectivity index (χ3v) is 4.67. The van der Waals surface area contributed by atoms with Crippen LogP contribution in [0.5, 0.6) is 0 Å². The molecule has 0 radical (unpaired) electrons. The van der Waals surface area contributed by atoms with E-state index in [0.29, 0.717) is 12.3 Å². The number of aryl methyl sites for hydroxylation is 1. The summed E-state index contributed by atoms with van der Waals surface area (Å²) < 4.78 is 0. The lowest BCUT2D eigenvalue weighted by atomic mass is 9.96. The lowest BCUT2D eigenvalue weighted by molar-refractivity contribution is -0.122. The quantitative estimate of drug-likeness (QED) is 0.627. The Labute approximate surface area is 149 Å². The van der Waals surface area contributed by atoms with Gasteiger partial charge < -0.3 is 10.3 Å². The minimum Gasteiger partial charge on any atom is -0.361 e. The molecule has 3 heteroatoms. The van der Waals surface area contributed by atoms with Crippen molar-refractivity contribution in [3.05, 3.63) is 71.9 Å². The van der Waals surface area contributed by atoms with E-state index in [0.717, 1.165) is 18.4 Å². The fourth-order valence-electron chi connectivity index (χ4n) is 3.32. The number of H-pyrrole nitrogens is 1. The van der Waals surface area contributed by atoms with Crippen LogP contribution >= 0.6 is 0 Å². The number of hydrogen-bond donors (Lipinski definition) is 2. The van der Waals surface area contributed by atoms with Crippen LogP contribution in [-0.2, 0) is 11.2 Å². The van der Waals surface area contributed by atoms with Crippen molar-refractivity contribution in [3.63, 3.8) is 0 Å². The van der Waals surface area contributed by atoms with Gasteiger partial charge in [0.2, 0.25) is 5.91 Å². The number of nitrogens with one attached hydrogen (secondary N) is 2. The van der Waals surface area contributed by atoms with Gasteiger partial charge in [-0.15, -0.1) is 0 Å². The summed E-state index contributed by atoms with van der Waals surface area (Å²) in [4.78, 5) is 15.7. The molecule has 1 aromatic heterocycles. The number of aromatic nitrogens is 1. The molecule has 2 aromatic carbocycles. The standard InChI is InChI=1S/C22H26N2O/c1-16(2)22(17-9-4-3-5-10-17)24-21(25)14-8-11-18-15-23-20-13-7-6-12-19(18)20/h3-7,9-10,12-13,15-16,22-23H,8,11,14H2,1-2H3,(H,24,25). The number of amides is 1. The van der Waals surface area contributed by atoms with Gasteiger partial charge in [0.05, 0.1) is 6.04 Å². The summed E-state index contributed by atoms with van der Waals surface area (Å²) in [6.07, 6.45) is 4.38. The molecule has 3 aromatic rings. The van der Waals surface area contributed by atoms with Crippen LogP contribution < -0.4 is 5.32 Å². The Bertz CT molecular complexity index is 820. The molecule has 0 saturated carbocycles. The maximum atomic E-state index is 12.4. The van der Waals surface area contributed by atoms with Crippen molar-refractivity contribution >= 4 is 16.8 Å². The number of aromatic amines is 1. The molecule has 3 nitrogen and oxygen atoms in total. The normalized spacial score (nSPS) is 12.4. The Kier molecular flexibility index (Phi) is 5.54. The maximum Gasteiger partial charge on any atom is 0.220 e. The van der Waals surface area contributed by atoms with Gasteiger partial charge in [0.1, 0.15) is 0 Å². The van der Waals surface area contributed by atoms with Crippen molar-refractivity contribution in [1.29, 1.82) is 0 Å². The first-order valence-corrected chi connectivity index (χ1v) is 9.04. The highest BCUT2D eigenvalue weighted by Gasteiger charge is 2.17. The number of fused-ring (bicyclic) bond motifs is 1. The van der Waals surface area contributed by atoms with Crippen LogP contribution in [0.1, 0.15) is 43.9 Å². The monoisotopic (exact) mass is 334 g/mol. The largest absolute Gasteiger partial charge is 0.361 e. The fourth-order valence-corrected chi connectivity index (χ4v) is 3.32. The minimum absolute atomic E-state index is 0.0711. The Morgan fingerprint density at radius 1 is 1.04 bits per heavy atom. The van der Waals surface area contributed by atoms with Crippen LogP contribution in [0.4, 0.5) is 0 Å². The van der Waals surface area contributed by atoms with Gasteiger partial charge >= 0.3 is 0 Å². The van der Waals surface area contributed by atoms with E-state index in [4.69, 9.17) is 0 Å². The van der Waals surface area contributed by atoms with E-state index < -0.39 is 0 Å². The summed E-state index contributed by atoms with van der Waals surface area (Å²) in [6, 6.07) is 18.6. The van der Waals surface area contributed by atoms with Gasteiger partial charge in [-0.1, -0.05) is 62.4 Å². The molecule has 1 amide bonds. The van der Waals surface area contributed by atoms with Crippen molar-refractivity contribution in [1.82, 2.24) is 10.3 Å². The number of benzene rings is 2. The lowest BCUT2D eigenvalue weighted by Gasteiger charge is -2.23. The molecule has 0 aliphatic rings.